The summed E-state index contributed by atoms with van der Waals surface area (Å²) < 4.78 is 4.86. The maximum atomic E-state index is 11.7. The van der Waals surface area contributed by atoms with E-state index in [9.17, 15) is 4.79 Å². The van der Waals surface area contributed by atoms with Crippen LogP contribution < -0.4 is 5.32 Å². The standard InChI is InChI=1S/C12H23N3O2/c1-12(2)10(14-8-5-13-6-9-14)4-7-15(12)11(16)17-3/h10,13H,4-9H2,1-3H3. The minimum absolute atomic E-state index is 0.134. The van der Waals surface area contributed by atoms with Gasteiger partial charge in [0.15, 0.2) is 0 Å². The fourth-order valence-electron chi connectivity index (χ4n) is 3.13. The highest BCUT2D eigenvalue weighted by Gasteiger charge is 2.46. The molecule has 1 amide bonds. The molecule has 5 heteroatoms. The SMILES string of the molecule is COC(=O)N1CCC(N2CCNCC2)C1(C)C. The molecule has 2 saturated heterocycles. The molecule has 0 aromatic heterocycles. The highest BCUT2D eigenvalue weighted by molar-refractivity contribution is 5.69. The van der Waals surface area contributed by atoms with Gasteiger partial charge in [0.25, 0.3) is 0 Å². The summed E-state index contributed by atoms with van der Waals surface area (Å²) in [5.74, 6) is 0. The molecule has 0 radical (unpaired) electrons. The smallest absolute Gasteiger partial charge is 0.409 e. The summed E-state index contributed by atoms with van der Waals surface area (Å²) in [6.45, 7) is 9.32. The summed E-state index contributed by atoms with van der Waals surface area (Å²) in [6.07, 6.45) is 0.842. The van der Waals surface area contributed by atoms with E-state index in [1.165, 1.54) is 7.11 Å². The van der Waals surface area contributed by atoms with Gasteiger partial charge in [0.05, 0.1) is 12.6 Å². The quantitative estimate of drug-likeness (QED) is 0.726. The molecule has 0 saturated carbocycles. The lowest BCUT2D eigenvalue weighted by Crippen LogP contribution is -2.58. The minimum atomic E-state index is -0.201. The van der Waals surface area contributed by atoms with Gasteiger partial charge in [0.1, 0.15) is 0 Å². The van der Waals surface area contributed by atoms with Crippen LogP contribution in [0.25, 0.3) is 0 Å². The number of piperazine rings is 1. The van der Waals surface area contributed by atoms with Crippen LogP contribution in [-0.2, 0) is 4.74 Å². The largest absolute Gasteiger partial charge is 0.453 e. The molecule has 5 nitrogen and oxygen atoms in total. The van der Waals surface area contributed by atoms with Crippen molar-refractivity contribution < 1.29 is 9.53 Å². The molecule has 2 aliphatic rings. The van der Waals surface area contributed by atoms with Crippen molar-refractivity contribution in [3.63, 3.8) is 0 Å². The van der Waals surface area contributed by atoms with E-state index in [0.717, 1.165) is 39.1 Å². The summed E-state index contributed by atoms with van der Waals surface area (Å²) in [5.41, 5.74) is -0.134. The van der Waals surface area contributed by atoms with Crippen LogP contribution in [0.4, 0.5) is 4.79 Å². The fourth-order valence-corrected chi connectivity index (χ4v) is 3.13. The Labute approximate surface area is 103 Å². The van der Waals surface area contributed by atoms with E-state index in [1.807, 2.05) is 4.90 Å². The van der Waals surface area contributed by atoms with Crippen LogP contribution in [-0.4, -0.2) is 67.3 Å². The third kappa shape index (κ3) is 2.26. The molecular weight excluding hydrogens is 218 g/mol. The average Bonchev–Trinajstić information content (AvgIpc) is 2.65. The zero-order valence-corrected chi connectivity index (χ0v) is 11.0. The maximum Gasteiger partial charge on any atom is 0.409 e. The van der Waals surface area contributed by atoms with E-state index in [-0.39, 0.29) is 11.6 Å². The molecule has 2 aliphatic heterocycles. The van der Waals surface area contributed by atoms with Gasteiger partial charge in [-0.3, -0.25) is 4.90 Å². The summed E-state index contributed by atoms with van der Waals surface area (Å²) >= 11 is 0. The number of carbonyl (C=O) groups excluding carboxylic acids is 1. The Morgan fingerprint density at radius 2 is 1.94 bits per heavy atom. The van der Waals surface area contributed by atoms with Crippen molar-refractivity contribution in [1.29, 1.82) is 0 Å². The first-order valence-electron chi connectivity index (χ1n) is 6.37. The molecule has 2 heterocycles. The number of methoxy groups -OCH3 is 1. The monoisotopic (exact) mass is 241 g/mol. The Morgan fingerprint density at radius 1 is 1.29 bits per heavy atom. The normalized spacial score (nSPS) is 29.4. The Kier molecular flexibility index (Phi) is 3.58. The number of rotatable bonds is 1. The molecule has 2 fully saturated rings. The first-order valence-corrected chi connectivity index (χ1v) is 6.37. The molecule has 0 aromatic rings. The average molecular weight is 241 g/mol. The second-order valence-corrected chi connectivity index (χ2v) is 5.37. The Bertz CT molecular complexity index is 287. The first-order chi connectivity index (χ1) is 8.07. The first kappa shape index (κ1) is 12.6. The lowest BCUT2D eigenvalue weighted by Gasteiger charge is -2.42. The van der Waals surface area contributed by atoms with Crippen LogP contribution in [0.15, 0.2) is 0 Å². The predicted octanol–water partition coefficient (Wildman–Crippen LogP) is 0.511. The summed E-state index contributed by atoms with van der Waals surface area (Å²) in [6, 6.07) is 0.448. The zero-order valence-electron chi connectivity index (χ0n) is 11.0. The van der Waals surface area contributed by atoms with E-state index >= 15 is 0 Å². The van der Waals surface area contributed by atoms with Crippen molar-refractivity contribution in [2.24, 2.45) is 0 Å². The molecule has 0 aromatic carbocycles. The Hall–Kier alpha value is -0.810. The summed E-state index contributed by atoms with van der Waals surface area (Å²) in [7, 11) is 1.45. The van der Waals surface area contributed by atoms with Gasteiger partial charge in [-0.05, 0) is 20.3 Å². The van der Waals surface area contributed by atoms with E-state index in [4.69, 9.17) is 4.74 Å². The van der Waals surface area contributed by atoms with Crippen LogP contribution in [0.2, 0.25) is 0 Å². The van der Waals surface area contributed by atoms with E-state index < -0.39 is 0 Å². The molecule has 17 heavy (non-hydrogen) atoms. The van der Waals surface area contributed by atoms with Crippen molar-refractivity contribution in [2.45, 2.75) is 31.8 Å². The van der Waals surface area contributed by atoms with Crippen LogP contribution in [0, 0.1) is 0 Å². The molecule has 0 aliphatic carbocycles. The van der Waals surface area contributed by atoms with Crippen molar-refractivity contribution in [2.75, 3.05) is 39.8 Å². The molecular formula is C12H23N3O2. The van der Waals surface area contributed by atoms with Crippen molar-refractivity contribution >= 4 is 6.09 Å². The topological polar surface area (TPSA) is 44.8 Å². The van der Waals surface area contributed by atoms with Gasteiger partial charge in [0, 0.05) is 38.8 Å². The van der Waals surface area contributed by atoms with Crippen LogP contribution in [0.5, 0.6) is 0 Å². The molecule has 98 valence electrons. The van der Waals surface area contributed by atoms with Gasteiger partial charge in [-0.1, -0.05) is 0 Å². The second kappa shape index (κ2) is 4.82. The number of hydrogen-bond donors (Lipinski definition) is 1. The van der Waals surface area contributed by atoms with Gasteiger partial charge in [-0.25, -0.2) is 4.79 Å². The Balaban J connectivity index is 2.07. The zero-order chi connectivity index (χ0) is 12.5. The molecule has 2 rings (SSSR count). The third-order valence-electron chi connectivity index (χ3n) is 4.12. The number of hydrogen-bond acceptors (Lipinski definition) is 4. The van der Waals surface area contributed by atoms with Crippen LogP contribution in [0.3, 0.4) is 0 Å². The highest BCUT2D eigenvalue weighted by Crippen LogP contribution is 2.33. The van der Waals surface area contributed by atoms with Crippen molar-refractivity contribution in [1.82, 2.24) is 15.1 Å². The van der Waals surface area contributed by atoms with Gasteiger partial charge in [-0.2, -0.15) is 0 Å². The lowest BCUT2D eigenvalue weighted by atomic mass is 9.94. The van der Waals surface area contributed by atoms with Crippen molar-refractivity contribution in [3.8, 4) is 0 Å². The van der Waals surface area contributed by atoms with E-state index in [2.05, 4.69) is 24.1 Å². The number of nitrogens with zero attached hydrogens (tertiary/aromatic N) is 2. The molecule has 1 N–H and O–H groups in total. The molecule has 0 spiro atoms. The summed E-state index contributed by atoms with van der Waals surface area (Å²) in [4.78, 5) is 16.1. The second-order valence-electron chi connectivity index (χ2n) is 5.37. The minimum Gasteiger partial charge on any atom is -0.453 e. The number of ether oxygens (including phenoxy) is 1. The predicted molar refractivity (Wildman–Crippen MR) is 66.0 cm³/mol. The molecule has 0 bridgehead atoms. The number of nitrogens with one attached hydrogen (secondary N) is 1. The van der Waals surface area contributed by atoms with Crippen LogP contribution >= 0.6 is 0 Å². The Morgan fingerprint density at radius 3 is 2.53 bits per heavy atom. The number of likely N-dealkylation sites (tertiary alicyclic amines) is 1. The highest BCUT2D eigenvalue weighted by atomic mass is 16.5. The van der Waals surface area contributed by atoms with Gasteiger partial charge < -0.3 is 15.0 Å². The van der Waals surface area contributed by atoms with E-state index in [0.29, 0.717) is 6.04 Å². The molecule has 1 atom stereocenters. The third-order valence-corrected chi connectivity index (χ3v) is 4.12. The fraction of sp³-hybridized carbons (Fsp3) is 0.917. The van der Waals surface area contributed by atoms with Gasteiger partial charge in [0.2, 0.25) is 0 Å². The van der Waals surface area contributed by atoms with Gasteiger partial charge in [-0.15, -0.1) is 0 Å². The number of carbonyl (C=O) groups is 1. The van der Waals surface area contributed by atoms with Crippen molar-refractivity contribution in [3.05, 3.63) is 0 Å². The maximum absolute atomic E-state index is 11.7. The van der Waals surface area contributed by atoms with Crippen LogP contribution in [0.1, 0.15) is 20.3 Å². The van der Waals surface area contributed by atoms with Gasteiger partial charge >= 0.3 is 6.09 Å². The number of amides is 1. The summed E-state index contributed by atoms with van der Waals surface area (Å²) in [5, 5.41) is 3.36. The van der Waals surface area contributed by atoms with E-state index in [1.54, 1.807) is 0 Å². The molecule has 1 unspecified atom stereocenters. The lowest BCUT2D eigenvalue weighted by molar-refractivity contribution is 0.0595.